The van der Waals surface area contributed by atoms with Crippen molar-refractivity contribution in [3.8, 4) is 5.75 Å². The molecule has 0 spiro atoms. The number of amides is 3. The predicted molar refractivity (Wildman–Crippen MR) is 93.9 cm³/mol. The van der Waals surface area contributed by atoms with E-state index in [1.807, 2.05) is 0 Å². The van der Waals surface area contributed by atoms with Crippen molar-refractivity contribution in [3.63, 3.8) is 0 Å². The molecule has 0 aliphatic rings. The van der Waals surface area contributed by atoms with Crippen LogP contribution in [0, 0.1) is 0 Å². The summed E-state index contributed by atoms with van der Waals surface area (Å²) in [4.78, 5) is 45.4. The second-order valence-corrected chi connectivity index (χ2v) is 5.87. The van der Waals surface area contributed by atoms with Crippen LogP contribution in [0.3, 0.4) is 0 Å². The van der Waals surface area contributed by atoms with E-state index in [0.717, 1.165) is 0 Å². The minimum atomic E-state index is -0.696. The minimum Gasteiger partial charge on any atom is -0.494 e. The molecule has 2 N–H and O–H groups in total. The van der Waals surface area contributed by atoms with E-state index in [-0.39, 0.29) is 24.9 Å². The first kappa shape index (κ1) is 21.1. The molecule has 0 heterocycles. The number of ketones is 1. The zero-order chi connectivity index (χ0) is 19.5. The third-order valence-corrected chi connectivity index (χ3v) is 3.09. The molecule has 1 rings (SSSR count). The lowest BCUT2D eigenvalue weighted by Gasteiger charge is -2.09. The number of hydrogen-bond acceptors (Lipinski definition) is 6. The molecule has 0 unspecified atom stereocenters. The van der Waals surface area contributed by atoms with E-state index in [2.05, 4.69) is 10.6 Å². The first-order chi connectivity index (χ1) is 12.3. The lowest BCUT2D eigenvalue weighted by molar-refractivity contribution is -0.148. The maximum Gasteiger partial charge on any atom is 0.321 e. The largest absolute Gasteiger partial charge is 0.494 e. The summed E-state index contributed by atoms with van der Waals surface area (Å²) in [6.45, 7) is 4.77. The van der Waals surface area contributed by atoms with E-state index in [1.54, 1.807) is 38.1 Å². The minimum absolute atomic E-state index is 0.0231. The summed E-state index contributed by atoms with van der Waals surface area (Å²) in [7, 11) is 0. The first-order valence-corrected chi connectivity index (χ1v) is 8.27. The van der Waals surface area contributed by atoms with Crippen LogP contribution in [0.2, 0.25) is 0 Å². The molecule has 8 nitrogen and oxygen atoms in total. The number of nitrogens with one attached hydrogen (secondary N) is 2. The van der Waals surface area contributed by atoms with Gasteiger partial charge in [-0.3, -0.25) is 19.7 Å². The van der Waals surface area contributed by atoms with Gasteiger partial charge in [0.05, 0.1) is 6.61 Å². The van der Waals surface area contributed by atoms with Crippen LogP contribution in [0.25, 0.3) is 0 Å². The molecule has 1 aromatic carbocycles. The van der Waals surface area contributed by atoms with Crippen LogP contribution in [-0.2, 0) is 14.3 Å². The van der Waals surface area contributed by atoms with Crippen LogP contribution >= 0.6 is 0 Å². The highest BCUT2D eigenvalue weighted by atomic mass is 16.5. The molecule has 3 amide bonds. The number of ether oxygens (including phenoxy) is 2. The summed E-state index contributed by atoms with van der Waals surface area (Å²) < 4.78 is 10.2. The first-order valence-electron chi connectivity index (χ1n) is 8.27. The highest BCUT2D eigenvalue weighted by Gasteiger charge is 2.11. The highest BCUT2D eigenvalue weighted by molar-refractivity contribution is 5.95. The SMILES string of the molecule is CC(=O)c1ccc(OCCCC(=O)OCC(=O)NC(=O)NC(C)C)cc1. The van der Waals surface area contributed by atoms with Crippen molar-refractivity contribution < 1.29 is 28.7 Å². The maximum absolute atomic E-state index is 11.5. The smallest absolute Gasteiger partial charge is 0.321 e. The number of urea groups is 1. The summed E-state index contributed by atoms with van der Waals surface area (Å²) in [5, 5.41) is 4.53. The van der Waals surface area contributed by atoms with Gasteiger partial charge in [0.25, 0.3) is 5.91 Å². The Hall–Kier alpha value is -2.90. The average Bonchev–Trinajstić information content (AvgIpc) is 2.56. The molecule has 26 heavy (non-hydrogen) atoms. The molecule has 0 saturated heterocycles. The molecule has 1 aromatic rings. The Bertz CT molecular complexity index is 640. The molecular weight excluding hydrogens is 340 g/mol. The van der Waals surface area contributed by atoms with Crippen molar-refractivity contribution in [2.75, 3.05) is 13.2 Å². The number of imide groups is 1. The van der Waals surface area contributed by atoms with Crippen LogP contribution in [0.4, 0.5) is 4.79 Å². The summed E-state index contributed by atoms with van der Waals surface area (Å²) in [6.07, 6.45) is 0.486. The maximum atomic E-state index is 11.5. The van der Waals surface area contributed by atoms with Gasteiger partial charge < -0.3 is 14.8 Å². The fourth-order valence-corrected chi connectivity index (χ4v) is 1.87. The molecule has 0 radical (unpaired) electrons. The summed E-state index contributed by atoms with van der Waals surface area (Å²) >= 11 is 0. The van der Waals surface area contributed by atoms with E-state index in [9.17, 15) is 19.2 Å². The Balaban J connectivity index is 2.17. The van der Waals surface area contributed by atoms with Gasteiger partial charge in [-0.2, -0.15) is 0 Å². The van der Waals surface area contributed by atoms with E-state index >= 15 is 0 Å². The number of esters is 1. The second-order valence-electron chi connectivity index (χ2n) is 5.87. The number of carbonyl (C=O) groups excluding carboxylic acids is 4. The average molecular weight is 364 g/mol. The molecular formula is C18H24N2O6. The van der Waals surface area contributed by atoms with Gasteiger partial charge in [0.1, 0.15) is 5.75 Å². The van der Waals surface area contributed by atoms with Gasteiger partial charge in [0.15, 0.2) is 12.4 Å². The molecule has 8 heteroatoms. The fourth-order valence-electron chi connectivity index (χ4n) is 1.87. The molecule has 0 bridgehead atoms. The van der Waals surface area contributed by atoms with E-state index < -0.39 is 24.5 Å². The standard InChI is InChI=1S/C18H24N2O6/c1-12(2)19-18(24)20-16(22)11-26-17(23)5-4-10-25-15-8-6-14(7-9-15)13(3)21/h6-9,12H,4-5,10-11H2,1-3H3,(H2,19,20,22,24). The lowest BCUT2D eigenvalue weighted by Crippen LogP contribution is -2.44. The van der Waals surface area contributed by atoms with Crippen LogP contribution < -0.4 is 15.4 Å². The van der Waals surface area contributed by atoms with Crippen LogP contribution in [-0.4, -0.2) is 42.9 Å². The lowest BCUT2D eigenvalue weighted by atomic mass is 10.1. The quantitative estimate of drug-likeness (QED) is 0.393. The third kappa shape index (κ3) is 8.81. The number of Topliss-reactive ketones (excluding diaryl/α,β-unsaturated/α-hetero) is 1. The zero-order valence-corrected chi connectivity index (χ0v) is 15.2. The Morgan fingerprint density at radius 3 is 2.31 bits per heavy atom. The van der Waals surface area contributed by atoms with Gasteiger partial charge in [-0.1, -0.05) is 0 Å². The summed E-state index contributed by atoms with van der Waals surface area (Å²) in [5.74, 6) is -0.679. The van der Waals surface area contributed by atoms with E-state index in [0.29, 0.717) is 17.7 Å². The van der Waals surface area contributed by atoms with Gasteiger partial charge in [-0.05, 0) is 51.5 Å². The fraction of sp³-hybridized carbons (Fsp3) is 0.444. The number of rotatable bonds is 9. The highest BCUT2D eigenvalue weighted by Crippen LogP contribution is 2.13. The van der Waals surface area contributed by atoms with Gasteiger partial charge >= 0.3 is 12.0 Å². The molecule has 142 valence electrons. The normalized spacial score (nSPS) is 10.2. The number of hydrogen-bond donors (Lipinski definition) is 2. The molecule has 0 aromatic heterocycles. The van der Waals surface area contributed by atoms with Crippen molar-refractivity contribution in [3.05, 3.63) is 29.8 Å². The molecule has 0 fully saturated rings. The molecule has 0 aliphatic heterocycles. The Labute approximate surface area is 152 Å². The topological polar surface area (TPSA) is 111 Å². The van der Waals surface area contributed by atoms with Gasteiger partial charge in [0, 0.05) is 18.0 Å². The Morgan fingerprint density at radius 1 is 1.08 bits per heavy atom. The van der Waals surface area contributed by atoms with E-state index in [1.165, 1.54) is 6.92 Å². The van der Waals surface area contributed by atoms with Crippen molar-refractivity contribution in [2.24, 2.45) is 0 Å². The van der Waals surface area contributed by atoms with Gasteiger partial charge in [0.2, 0.25) is 0 Å². The zero-order valence-electron chi connectivity index (χ0n) is 15.2. The third-order valence-electron chi connectivity index (χ3n) is 3.09. The van der Waals surface area contributed by atoms with Crippen LogP contribution in [0.1, 0.15) is 44.0 Å². The summed E-state index contributed by atoms with van der Waals surface area (Å²) in [5.41, 5.74) is 0.598. The van der Waals surface area contributed by atoms with Crippen molar-refractivity contribution >= 4 is 23.7 Å². The van der Waals surface area contributed by atoms with E-state index in [4.69, 9.17) is 9.47 Å². The Morgan fingerprint density at radius 2 is 1.73 bits per heavy atom. The monoisotopic (exact) mass is 364 g/mol. The van der Waals surface area contributed by atoms with Crippen molar-refractivity contribution in [1.82, 2.24) is 10.6 Å². The van der Waals surface area contributed by atoms with Crippen LogP contribution in [0.5, 0.6) is 5.75 Å². The number of carbonyl (C=O) groups is 4. The number of benzene rings is 1. The molecule has 0 saturated carbocycles. The van der Waals surface area contributed by atoms with Crippen LogP contribution in [0.15, 0.2) is 24.3 Å². The predicted octanol–water partition coefficient (Wildman–Crippen LogP) is 1.83. The van der Waals surface area contributed by atoms with Gasteiger partial charge in [-0.15, -0.1) is 0 Å². The van der Waals surface area contributed by atoms with Gasteiger partial charge in [-0.25, -0.2) is 4.79 Å². The Kier molecular flexibility index (Phi) is 8.83. The van der Waals surface area contributed by atoms with Crippen molar-refractivity contribution in [1.29, 1.82) is 0 Å². The summed E-state index contributed by atoms with van der Waals surface area (Å²) in [6, 6.07) is 5.96. The molecule has 0 aliphatic carbocycles. The molecule has 0 atom stereocenters. The van der Waals surface area contributed by atoms with Crippen molar-refractivity contribution in [2.45, 2.75) is 39.7 Å². The second kappa shape index (κ2) is 10.9.